The maximum atomic E-state index is 12.3. The van der Waals surface area contributed by atoms with Crippen molar-refractivity contribution in [3.8, 4) is 0 Å². The monoisotopic (exact) mass is 312 g/mol. The van der Waals surface area contributed by atoms with Gasteiger partial charge in [-0.1, -0.05) is 12.1 Å². The predicted molar refractivity (Wildman–Crippen MR) is 92.8 cm³/mol. The fraction of sp³-hybridized carbons (Fsp3) is 0.474. The lowest BCUT2D eigenvalue weighted by Gasteiger charge is -2.26. The molecule has 4 heteroatoms. The van der Waals surface area contributed by atoms with Gasteiger partial charge in [-0.2, -0.15) is 0 Å². The maximum Gasteiger partial charge on any atom is 0.251 e. The second-order valence-corrected chi connectivity index (χ2v) is 6.54. The van der Waals surface area contributed by atoms with E-state index in [0.29, 0.717) is 18.4 Å². The number of pyridine rings is 1. The number of aromatic nitrogens is 1. The third-order valence-corrected chi connectivity index (χ3v) is 4.94. The predicted octanol–water partition coefficient (Wildman–Crippen LogP) is 3.09. The van der Waals surface area contributed by atoms with E-state index in [0.717, 1.165) is 42.4 Å². The van der Waals surface area contributed by atoms with Crippen LogP contribution in [0.15, 0.2) is 23.0 Å². The molecule has 1 aromatic heterocycles. The molecule has 1 saturated heterocycles. The van der Waals surface area contributed by atoms with E-state index in [-0.39, 0.29) is 11.5 Å². The molecule has 1 aliphatic rings. The highest BCUT2D eigenvalue weighted by molar-refractivity contribution is 5.83. The number of hydrogen-bond donors (Lipinski definition) is 1. The summed E-state index contributed by atoms with van der Waals surface area (Å²) >= 11 is 0. The number of rotatable bonds is 3. The number of likely N-dealkylation sites (tertiary alicyclic amines) is 1. The van der Waals surface area contributed by atoms with E-state index >= 15 is 0 Å². The summed E-state index contributed by atoms with van der Waals surface area (Å²) in [6, 6.07) is 6.03. The summed E-state index contributed by atoms with van der Waals surface area (Å²) < 4.78 is 0. The molecule has 122 valence electrons. The molecule has 4 nitrogen and oxygen atoms in total. The highest BCUT2D eigenvalue weighted by Crippen LogP contribution is 2.19. The molecule has 2 aromatic rings. The van der Waals surface area contributed by atoms with E-state index in [9.17, 15) is 9.59 Å². The standard InChI is InChI=1S/C19H24N2O2/c1-13-6-7-15-12-16(19(23)20-18(15)14(13)2)8-9-17(22)21-10-4-3-5-11-21/h6-7,12H,3-5,8-11H2,1-2H3,(H,20,23). The number of aryl methyl sites for hydroxylation is 3. The lowest BCUT2D eigenvalue weighted by molar-refractivity contribution is -0.132. The molecule has 0 saturated carbocycles. The van der Waals surface area contributed by atoms with Crippen molar-refractivity contribution in [3.63, 3.8) is 0 Å². The third-order valence-electron chi connectivity index (χ3n) is 4.94. The van der Waals surface area contributed by atoms with Gasteiger partial charge in [-0.05, 0) is 62.1 Å². The molecule has 1 fully saturated rings. The molecule has 0 atom stereocenters. The summed E-state index contributed by atoms with van der Waals surface area (Å²) in [5.41, 5.74) is 3.81. The molecule has 0 spiro atoms. The number of aromatic amines is 1. The van der Waals surface area contributed by atoms with Crippen molar-refractivity contribution in [2.75, 3.05) is 13.1 Å². The molecule has 0 aliphatic carbocycles. The normalized spacial score (nSPS) is 15.1. The number of carbonyl (C=O) groups excluding carboxylic acids is 1. The van der Waals surface area contributed by atoms with E-state index in [1.165, 1.54) is 12.0 Å². The van der Waals surface area contributed by atoms with Crippen molar-refractivity contribution >= 4 is 16.8 Å². The molecule has 1 amide bonds. The van der Waals surface area contributed by atoms with Crippen molar-refractivity contribution in [1.29, 1.82) is 0 Å². The number of amides is 1. The van der Waals surface area contributed by atoms with E-state index in [1.54, 1.807) is 0 Å². The Hall–Kier alpha value is -2.10. The topological polar surface area (TPSA) is 53.2 Å². The van der Waals surface area contributed by atoms with Gasteiger partial charge in [0.1, 0.15) is 0 Å². The van der Waals surface area contributed by atoms with Gasteiger partial charge in [-0.25, -0.2) is 0 Å². The first kappa shape index (κ1) is 15.8. The molecule has 0 radical (unpaired) electrons. The van der Waals surface area contributed by atoms with Crippen LogP contribution in [-0.2, 0) is 11.2 Å². The van der Waals surface area contributed by atoms with Crippen molar-refractivity contribution < 1.29 is 4.79 Å². The van der Waals surface area contributed by atoms with Crippen LogP contribution in [0.3, 0.4) is 0 Å². The number of hydrogen-bond acceptors (Lipinski definition) is 2. The molecular weight excluding hydrogens is 288 g/mol. The average molecular weight is 312 g/mol. The summed E-state index contributed by atoms with van der Waals surface area (Å²) in [6.07, 6.45) is 4.34. The molecule has 23 heavy (non-hydrogen) atoms. The quantitative estimate of drug-likeness (QED) is 0.947. The SMILES string of the molecule is Cc1ccc2cc(CCC(=O)N3CCCCC3)c(=O)[nH]c2c1C. The van der Waals surface area contributed by atoms with Crippen LogP contribution >= 0.6 is 0 Å². The minimum absolute atomic E-state index is 0.0716. The van der Waals surface area contributed by atoms with Gasteiger partial charge in [0.2, 0.25) is 5.91 Å². The van der Waals surface area contributed by atoms with Crippen LogP contribution in [0.4, 0.5) is 0 Å². The van der Waals surface area contributed by atoms with Gasteiger partial charge < -0.3 is 9.88 Å². The molecule has 1 aromatic carbocycles. The van der Waals surface area contributed by atoms with Crippen LogP contribution < -0.4 is 5.56 Å². The van der Waals surface area contributed by atoms with Crippen LogP contribution in [0.1, 0.15) is 42.4 Å². The highest BCUT2D eigenvalue weighted by Gasteiger charge is 2.17. The Kier molecular flexibility index (Phi) is 4.51. The van der Waals surface area contributed by atoms with Gasteiger partial charge >= 0.3 is 0 Å². The second kappa shape index (κ2) is 6.57. The zero-order valence-electron chi connectivity index (χ0n) is 13.9. The number of carbonyl (C=O) groups is 1. The minimum atomic E-state index is -0.0716. The number of nitrogens with zero attached hydrogens (tertiary/aromatic N) is 1. The van der Waals surface area contributed by atoms with Crippen molar-refractivity contribution in [1.82, 2.24) is 9.88 Å². The van der Waals surface area contributed by atoms with Crippen LogP contribution in [0, 0.1) is 13.8 Å². The lowest BCUT2D eigenvalue weighted by Crippen LogP contribution is -2.35. The second-order valence-electron chi connectivity index (χ2n) is 6.54. The first-order chi connectivity index (χ1) is 11.1. The summed E-state index contributed by atoms with van der Waals surface area (Å²) in [6.45, 7) is 5.79. The molecule has 0 bridgehead atoms. The van der Waals surface area contributed by atoms with E-state index in [1.807, 2.05) is 30.9 Å². The molecule has 3 rings (SSSR count). The van der Waals surface area contributed by atoms with Gasteiger partial charge in [-0.3, -0.25) is 9.59 Å². The van der Waals surface area contributed by atoms with Gasteiger partial charge in [0.25, 0.3) is 5.56 Å². The Balaban J connectivity index is 1.78. The van der Waals surface area contributed by atoms with E-state index in [2.05, 4.69) is 11.1 Å². The van der Waals surface area contributed by atoms with Crippen LogP contribution in [0.5, 0.6) is 0 Å². The van der Waals surface area contributed by atoms with Gasteiger partial charge in [0.15, 0.2) is 0 Å². The van der Waals surface area contributed by atoms with Gasteiger partial charge in [-0.15, -0.1) is 0 Å². The molecule has 2 heterocycles. The third kappa shape index (κ3) is 3.31. The largest absolute Gasteiger partial charge is 0.343 e. The zero-order chi connectivity index (χ0) is 16.4. The lowest BCUT2D eigenvalue weighted by atomic mass is 10.0. The van der Waals surface area contributed by atoms with Gasteiger partial charge in [0, 0.05) is 25.1 Å². The first-order valence-electron chi connectivity index (χ1n) is 8.46. The number of fused-ring (bicyclic) bond motifs is 1. The number of H-pyrrole nitrogens is 1. The van der Waals surface area contributed by atoms with E-state index in [4.69, 9.17) is 0 Å². The van der Waals surface area contributed by atoms with Crippen molar-refractivity contribution in [2.24, 2.45) is 0 Å². The Labute approximate surface area is 136 Å². The van der Waals surface area contributed by atoms with Gasteiger partial charge in [0.05, 0.1) is 5.52 Å². The molecule has 0 unspecified atom stereocenters. The van der Waals surface area contributed by atoms with Crippen LogP contribution in [0.2, 0.25) is 0 Å². The Morgan fingerprint density at radius 2 is 1.91 bits per heavy atom. The van der Waals surface area contributed by atoms with Crippen molar-refractivity contribution in [3.05, 3.63) is 45.2 Å². The number of nitrogens with one attached hydrogen (secondary N) is 1. The Morgan fingerprint density at radius 3 is 2.65 bits per heavy atom. The number of piperidine rings is 1. The average Bonchev–Trinajstić information content (AvgIpc) is 2.57. The zero-order valence-corrected chi connectivity index (χ0v) is 13.9. The fourth-order valence-electron chi connectivity index (χ4n) is 3.30. The first-order valence-corrected chi connectivity index (χ1v) is 8.46. The van der Waals surface area contributed by atoms with Crippen LogP contribution in [0.25, 0.3) is 10.9 Å². The number of benzene rings is 1. The summed E-state index contributed by atoms with van der Waals surface area (Å²) in [7, 11) is 0. The Bertz CT molecular complexity index is 786. The van der Waals surface area contributed by atoms with Crippen LogP contribution in [-0.4, -0.2) is 28.9 Å². The smallest absolute Gasteiger partial charge is 0.251 e. The summed E-state index contributed by atoms with van der Waals surface area (Å²) in [4.78, 5) is 29.5. The minimum Gasteiger partial charge on any atom is -0.343 e. The fourth-order valence-corrected chi connectivity index (χ4v) is 3.30. The summed E-state index contributed by atoms with van der Waals surface area (Å²) in [5, 5.41) is 1.04. The molecule has 1 N–H and O–H groups in total. The summed E-state index contributed by atoms with van der Waals surface area (Å²) in [5.74, 6) is 0.171. The maximum absolute atomic E-state index is 12.3. The molecule has 1 aliphatic heterocycles. The van der Waals surface area contributed by atoms with E-state index < -0.39 is 0 Å². The molecular formula is C19H24N2O2. The Morgan fingerprint density at radius 1 is 1.17 bits per heavy atom. The highest BCUT2D eigenvalue weighted by atomic mass is 16.2. The van der Waals surface area contributed by atoms with Crippen molar-refractivity contribution in [2.45, 2.75) is 46.0 Å².